The average molecular weight is 495 g/mol. The van der Waals surface area contributed by atoms with Gasteiger partial charge in [0.05, 0.1) is 29.5 Å². The van der Waals surface area contributed by atoms with E-state index in [1.54, 1.807) is 27.7 Å². The Kier molecular flexibility index (Phi) is 5.49. The molecule has 0 aliphatic carbocycles. The van der Waals surface area contributed by atoms with Crippen LogP contribution in [0.4, 0.5) is 20.6 Å². The zero-order chi connectivity index (χ0) is 24.1. The first-order chi connectivity index (χ1) is 17.0. The van der Waals surface area contributed by atoms with Gasteiger partial charge in [-0.25, -0.2) is 9.18 Å². The largest absolute Gasteiger partial charge is 0.444 e. The second-order valence-electron chi connectivity index (χ2n) is 8.99. The summed E-state index contributed by atoms with van der Waals surface area (Å²) in [5, 5.41) is 7.06. The lowest BCUT2D eigenvalue weighted by molar-refractivity contribution is -0.113. The molecule has 1 fully saturated rings. The van der Waals surface area contributed by atoms with E-state index in [0.717, 1.165) is 10.3 Å². The van der Waals surface area contributed by atoms with Crippen molar-refractivity contribution in [2.75, 3.05) is 35.6 Å². The van der Waals surface area contributed by atoms with E-state index in [0.29, 0.717) is 60.7 Å². The Hall–Kier alpha value is -3.37. The molecule has 4 heterocycles. The molecule has 0 saturated carbocycles. The predicted molar refractivity (Wildman–Crippen MR) is 132 cm³/mol. The Morgan fingerprint density at radius 1 is 1.14 bits per heavy atom. The topological polar surface area (TPSA) is 92.7 Å². The van der Waals surface area contributed by atoms with Crippen molar-refractivity contribution in [3.8, 4) is 0 Å². The summed E-state index contributed by atoms with van der Waals surface area (Å²) in [4.78, 5) is 39.2. The smallest absolute Gasteiger partial charge is 0.414 e. The maximum absolute atomic E-state index is 14.4. The highest BCUT2D eigenvalue weighted by atomic mass is 32.2. The maximum atomic E-state index is 14.4. The van der Waals surface area contributed by atoms with Gasteiger partial charge in [0.1, 0.15) is 11.9 Å². The molecule has 10 heteroatoms. The van der Waals surface area contributed by atoms with Crippen LogP contribution in [0, 0.1) is 5.82 Å². The van der Waals surface area contributed by atoms with E-state index in [9.17, 15) is 18.8 Å². The minimum atomic E-state index is -0.412. The Bertz CT molecular complexity index is 1420. The van der Waals surface area contributed by atoms with Crippen LogP contribution in [0.25, 0.3) is 10.9 Å². The molecule has 0 radical (unpaired) electrons. The number of anilines is 2. The first-order valence-corrected chi connectivity index (χ1v) is 12.5. The summed E-state index contributed by atoms with van der Waals surface area (Å²) in [6.07, 6.45) is 0.380. The minimum absolute atomic E-state index is 0.0563. The third-order valence-corrected chi connectivity index (χ3v) is 7.82. The van der Waals surface area contributed by atoms with Gasteiger partial charge in [0.2, 0.25) is 5.91 Å². The number of fused-ring (bicyclic) bond motifs is 1. The molecule has 3 aliphatic heterocycles. The molecule has 2 amide bonds. The molecule has 3 aliphatic rings. The molecule has 0 unspecified atom stereocenters. The van der Waals surface area contributed by atoms with Crippen molar-refractivity contribution in [2.45, 2.75) is 29.9 Å². The summed E-state index contributed by atoms with van der Waals surface area (Å²) in [7, 11) is 0. The zero-order valence-electron chi connectivity index (χ0n) is 18.8. The van der Waals surface area contributed by atoms with Gasteiger partial charge in [-0.05, 0) is 61.2 Å². The van der Waals surface area contributed by atoms with Gasteiger partial charge in [-0.1, -0.05) is 0 Å². The van der Waals surface area contributed by atoms with Crippen LogP contribution in [0.2, 0.25) is 0 Å². The molecule has 180 valence electrons. The van der Waals surface area contributed by atoms with Crippen LogP contribution < -0.4 is 21.1 Å². The van der Waals surface area contributed by atoms with Gasteiger partial charge in [-0.15, -0.1) is 11.8 Å². The van der Waals surface area contributed by atoms with Crippen molar-refractivity contribution >= 4 is 46.0 Å². The molecule has 1 saturated heterocycles. The van der Waals surface area contributed by atoms with Gasteiger partial charge >= 0.3 is 6.09 Å². The molecule has 35 heavy (non-hydrogen) atoms. The van der Waals surface area contributed by atoms with Gasteiger partial charge in [-0.2, -0.15) is 0 Å². The maximum Gasteiger partial charge on any atom is 0.414 e. The number of nitrogens with zero attached hydrogens (tertiary/aromatic N) is 2. The quantitative estimate of drug-likeness (QED) is 0.511. The highest BCUT2D eigenvalue weighted by Crippen LogP contribution is 2.36. The van der Waals surface area contributed by atoms with Crippen LogP contribution in [-0.4, -0.2) is 48.1 Å². The van der Waals surface area contributed by atoms with Crippen LogP contribution >= 0.6 is 11.8 Å². The van der Waals surface area contributed by atoms with E-state index in [4.69, 9.17) is 4.74 Å². The summed E-state index contributed by atoms with van der Waals surface area (Å²) in [6, 6.07) is 11.8. The number of thioether (sulfide) groups is 1. The van der Waals surface area contributed by atoms with Gasteiger partial charge < -0.3 is 19.9 Å². The van der Waals surface area contributed by atoms with Crippen molar-refractivity contribution in [3.63, 3.8) is 0 Å². The number of rotatable bonds is 6. The lowest BCUT2D eigenvalue weighted by atomic mass is 10.1. The molecule has 0 bridgehead atoms. The molecule has 3 aromatic rings. The number of cyclic esters (lactones) is 1. The number of hydrogen-bond donors (Lipinski definition) is 2. The Balaban J connectivity index is 1.06. The summed E-state index contributed by atoms with van der Waals surface area (Å²) in [6.45, 7) is 1.52. The van der Waals surface area contributed by atoms with Crippen molar-refractivity contribution in [1.29, 1.82) is 0 Å². The molecular formula is C25H23FN4O4S. The number of benzene rings is 2. The fourth-order valence-corrected chi connectivity index (χ4v) is 5.89. The van der Waals surface area contributed by atoms with Crippen molar-refractivity contribution in [1.82, 2.24) is 9.88 Å². The monoisotopic (exact) mass is 494 g/mol. The normalized spacial score (nSPS) is 20.8. The Labute approximate surface area is 204 Å². The second kappa shape index (κ2) is 8.69. The number of halogens is 1. The minimum Gasteiger partial charge on any atom is -0.444 e. The van der Waals surface area contributed by atoms with Crippen LogP contribution in [0.15, 0.2) is 52.2 Å². The van der Waals surface area contributed by atoms with Crippen molar-refractivity contribution in [2.24, 2.45) is 0 Å². The Morgan fingerprint density at radius 2 is 2.00 bits per heavy atom. The fourth-order valence-electron chi connectivity index (χ4n) is 5.10. The van der Waals surface area contributed by atoms with E-state index in [1.165, 1.54) is 23.9 Å². The molecule has 2 atom stereocenters. The number of aromatic nitrogens is 1. The van der Waals surface area contributed by atoms with E-state index < -0.39 is 6.09 Å². The first-order valence-electron chi connectivity index (χ1n) is 11.6. The zero-order valence-corrected chi connectivity index (χ0v) is 19.6. The van der Waals surface area contributed by atoms with Crippen LogP contribution in [0.3, 0.4) is 0 Å². The molecule has 8 nitrogen and oxygen atoms in total. The van der Waals surface area contributed by atoms with Crippen LogP contribution in [0.5, 0.6) is 0 Å². The molecular weight excluding hydrogens is 471 g/mol. The summed E-state index contributed by atoms with van der Waals surface area (Å²) in [5.74, 6) is 0.0515. The summed E-state index contributed by atoms with van der Waals surface area (Å²) >= 11 is 1.47. The van der Waals surface area contributed by atoms with Crippen molar-refractivity contribution < 1.29 is 18.7 Å². The fraction of sp³-hybridized carbons (Fsp3) is 0.320. The Morgan fingerprint density at radius 3 is 2.89 bits per heavy atom. The number of ether oxygens (including phenoxy) is 1. The van der Waals surface area contributed by atoms with Crippen LogP contribution in [-0.2, 0) is 16.0 Å². The molecule has 0 spiro atoms. The SMILES string of the molecule is O=C1CSc2ccc(N3C[C@H](CCNC[C@H]4Cc5c(F)ccc6ccc(=O)n4c56)OC3=O)cc2N1. The number of carbonyl (C=O) groups is 2. The van der Waals surface area contributed by atoms with Gasteiger partial charge in [0, 0.05) is 28.8 Å². The molecule has 1 aromatic heterocycles. The van der Waals surface area contributed by atoms with Gasteiger partial charge in [0.15, 0.2) is 0 Å². The second-order valence-corrected chi connectivity index (χ2v) is 10.0. The van der Waals surface area contributed by atoms with E-state index in [1.807, 2.05) is 12.1 Å². The number of carbonyl (C=O) groups excluding carboxylic acids is 2. The average Bonchev–Trinajstić information content (AvgIpc) is 3.42. The number of pyridine rings is 1. The number of nitrogens with one attached hydrogen (secondary N) is 2. The summed E-state index contributed by atoms with van der Waals surface area (Å²) < 4.78 is 21.6. The molecule has 2 N–H and O–H groups in total. The highest BCUT2D eigenvalue weighted by molar-refractivity contribution is 8.00. The van der Waals surface area contributed by atoms with E-state index in [2.05, 4.69) is 10.6 Å². The lowest BCUT2D eigenvalue weighted by Crippen LogP contribution is -2.32. The van der Waals surface area contributed by atoms with E-state index >= 15 is 0 Å². The number of amides is 2. The lowest BCUT2D eigenvalue weighted by Gasteiger charge is -2.20. The third-order valence-electron chi connectivity index (χ3n) is 6.75. The molecule has 6 rings (SSSR count). The van der Waals surface area contributed by atoms with Gasteiger partial charge in [-0.3, -0.25) is 14.5 Å². The predicted octanol–water partition coefficient (Wildman–Crippen LogP) is 3.29. The standard InChI is InChI=1S/C25H23FN4O4S/c26-19-4-1-14-2-6-23(32)30-16(9-18(19)24(14)30)11-27-8-7-17-12-29(25(33)34-17)15-3-5-21-20(10-15)28-22(31)13-35-21/h1-6,10,16-17,27H,7-9,11-13H2,(H,28,31)/t16-,17+/m1/s1. The van der Waals surface area contributed by atoms with Crippen molar-refractivity contribution in [3.05, 3.63) is 64.2 Å². The van der Waals surface area contributed by atoms with Gasteiger partial charge in [0.25, 0.3) is 5.56 Å². The number of hydrogen-bond acceptors (Lipinski definition) is 6. The highest BCUT2D eigenvalue weighted by Gasteiger charge is 2.33. The van der Waals surface area contributed by atoms with E-state index in [-0.39, 0.29) is 29.4 Å². The molecule has 2 aromatic carbocycles. The summed E-state index contributed by atoms with van der Waals surface area (Å²) in [5.41, 5.74) is 2.54. The first kappa shape index (κ1) is 22.1. The van der Waals surface area contributed by atoms with Crippen LogP contribution in [0.1, 0.15) is 18.0 Å². The third kappa shape index (κ3) is 3.96.